The highest BCUT2D eigenvalue weighted by Gasteiger charge is 2.15. The van der Waals surface area contributed by atoms with Crippen LogP contribution in [-0.4, -0.2) is 31.6 Å². The molecule has 0 bridgehead atoms. The Kier molecular flexibility index (Phi) is 11.6. The number of rotatable bonds is 17. The van der Waals surface area contributed by atoms with Crippen LogP contribution in [0.15, 0.2) is 84.0 Å². The first-order chi connectivity index (χ1) is 20.8. The highest BCUT2D eigenvalue weighted by molar-refractivity contribution is 7.92. The van der Waals surface area contributed by atoms with Crippen molar-refractivity contribution in [1.29, 1.82) is 0 Å². The number of sulfonamides is 1. The van der Waals surface area contributed by atoms with E-state index in [1.165, 1.54) is 68.4 Å². The molecule has 0 saturated heterocycles. The van der Waals surface area contributed by atoms with Crippen molar-refractivity contribution >= 4 is 27.1 Å². The Morgan fingerprint density at radius 3 is 1.88 bits per heavy atom. The zero-order valence-corrected chi connectivity index (χ0v) is 25.5. The van der Waals surface area contributed by atoms with Crippen LogP contribution in [0.25, 0.3) is 11.4 Å². The van der Waals surface area contributed by atoms with Crippen molar-refractivity contribution in [2.75, 3.05) is 29.4 Å². The number of hydrogen-bond donors (Lipinski definition) is 3. The number of unbranched alkanes of at least 4 members (excludes halogenated alkanes) is 5. The summed E-state index contributed by atoms with van der Waals surface area (Å²) in [6.07, 6.45) is 13.2. The predicted molar refractivity (Wildman–Crippen MR) is 173 cm³/mol. The standard InChI is InChI=1S/C33H41N5O4S/c1-2-3-4-5-6-7-9-25-23-36-33(37-24-25)26-10-12-30(13-11-26)41-18-8-19-42-31-14-16-32(17-15-31)43(39,40)38-29-21-27(34)20-28(35)22-29/h10-17,20-24,38H,2-9,18-19,34-35H2,1H3. The van der Waals surface area contributed by atoms with Gasteiger partial charge in [-0.1, -0.05) is 39.0 Å². The van der Waals surface area contributed by atoms with Gasteiger partial charge in [0, 0.05) is 35.8 Å². The maximum Gasteiger partial charge on any atom is 0.261 e. The molecule has 0 aliphatic rings. The minimum Gasteiger partial charge on any atom is -0.493 e. The Morgan fingerprint density at radius 1 is 0.721 bits per heavy atom. The van der Waals surface area contributed by atoms with E-state index >= 15 is 0 Å². The number of aromatic nitrogens is 2. The lowest BCUT2D eigenvalue weighted by Crippen LogP contribution is -2.13. The highest BCUT2D eigenvalue weighted by atomic mass is 32.2. The molecule has 9 nitrogen and oxygen atoms in total. The van der Waals surface area contributed by atoms with Gasteiger partial charge in [0.15, 0.2) is 5.82 Å². The molecule has 0 aliphatic carbocycles. The van der Waals surface area contributed by atoms with Gasteiger partial charge in [-0.25, -0.2) is 18.4 Å². The van der Waals surface area contributed by atoms with Crippen LogP contribution in [-0.2, 0) is 16.4 Å². The fourth-order valence-corrected chi connectivity index (χ4v) is 5.59. The van der Waals surface area contributed by atoms with E-state index in [0.717, 1.165) is 17.7 Å². The van der Waals surface area contributed by atoms with Gasteiger partial charge in [-0.05, 0) is 85.1 Å². The van der Waals surface area contributed by atoms with Crippen LogP contribution in [0.4, 0.5) is 17.1 Å². The quantitative estimate of drug-likeness (QED) is 0.0877. The third-order valence-electron chi connectivity index (χ3n) is 6.83. The van der Waals surface area contributed by atoms with Crippen LogP contribution in [0.5, 0.6) is 11.5 Å². The summed E-state index contributed by atoms with van der Waals surface area (Å²) in [7, 11) is -3.80. The van der Waals surface area contributed by atoms with Gasteiger partial charge in [0.2, 0.25) is 0 Å². The smallest absolute Gasteiger partial charge is 0.261 e. The van der Waals surface area contributed by atoms with Crippen molar-refractivity contribution in [3.8, 4) is 22.9 Å². The Bertz CT molecular complexity index is 1510. The van der Waals surface area contributed by atoms with Crippen molar-refractivity contribution in [3.05, 3.63) is 84.7 Å². The molecular formula is C33H41N5O4S. The minimum absolute atomic E-state index is 0.0992. The third-order valence-corrected chi connectivity index (χ3v) is 8.22. The van der Waals surface area contributed by atoms with Crippen molar-refractivity contribution in [2.45, 2.75) is 63.2 Å². The Hall–Kier alpha value is -4.31. The molecule has 0 atom stereocenters. The van der Waals surface area contributed by atoms with Crippen LogP contribution in [0.3, 0.4) is 0 Å². The molecule has 0 spiro atoms. The summed E-state index contributed by atoms with van der Waals surface area (Å²) in [6, 6.07) is 18.5. The van der Waals surface area contributed by atoms with E-state index in [1.54, 1.807) is 18.2 Å². The summed E-state index contributed by atoms with van der Waals surface area (Å²) in [6.45, 7) is 3.13. The molecule has 0 radical (unpaired) electrons. The van der Waals surface area contributed by atoms with E-state index in [0.29, 0.717) is 48.3 Å². The maximum atomic E-state index is 12.7. The molecule has 4 rings (SSSR count). The number of nitrogens with two attached hydrogens (primary N) is 2. The summed E-state index contributed by atoms with van der Waals surface area (Å²) >= 11 is 0. The molecular weight excluding hydrogens is 562 g/mol. The zero-order valence-electron chi connectivity index (χ0n) is 24.7. The van der Waals surface area contributed by atoms with Gasteiger partial charge in [-0.15, -0.1) is 0 Å². The molecule has 0 saturated carbocycles. The molecule has 0 unspecified atom stereocenters. The summed E-state index contributed by atoms with van der Waals surface area (Å²) in [5.74, 6) is 2.03. The molecule has 0 amide bonds. The molecule has 43 heavy (non-hydrogen) atoms. The normalized spacial score (nSPS) is 11.3. The lowest BCUT2D eigenvalue weighted by molar-refractivity contribution is 0.247. The predicted octanol–water partition coefficient (Wildman–Crippen LogP) is 6.86. The maximum absolute atomic E-state index is 12.7. The van der Waals surface area contributed by atoms with E-state index in [-0.39, 0.29) is 4.90 Å². The molecule has 10 heteroatoms. The lowest BCUT2D eigenvalue weighted by atomic mass is 10.1. The summed E-state index contributed by atoms with van der Waals surface area (Å²) < 4.78 is 39.5. The van der Waals surface area contributed by atoms with E-state index in [1.807, 2.05) is 36.7 Å². The molecule has 1 aromatic heterocycles. The summed E-state index contributed by atoms with van der Waals surface area (Å²) in [4.78, 5) is 9.20. The Morgan fingerprint density at radius 2 is 1.28 bits per heavy atom. The van der Waals surface area contributed by atoms with Crippen LogP contribution >= 0.6 is 0 Å². The van der Waals surface area contributed by atoms with E-state index in [2.05, 4.69) is 21.6 Å². The third kappa shape index (κ3) is 10.2. The second kappa shape index (κ2) is 15.8. The van der Waals surface area contributed by atoms with Crippen LogP contribution in [0.2, 0.25) is 0 Å². The van der Waals surface area contributed by atoms with E-state index < -0.39 is 10.0 Å². The fraction of sp³-hybridized carbons (Fsp3) is 0.333. The highest BCUT2D eigenvalue weighted by Crippen LogP contribution is 2.23. The number of nitrogens with one attached hydrogen (secondary N) is 1. The van der Waals surface area contributed by atoms with Gasteiger partial charge < -0.3 is 20.9 Å². The first kappa shape index (κ1) is 31.6. The van der Waals surface area contributed by atoms with Gasteiger partial charge >= 0.3 is 0 Å². The largest absolute Gasteiger partial charge is 0.493 e. The number of anilines is 3. The van der Waals surface area contributed by atoms with Crippen molar-refractivity contribution in [3.63, 3.8) is 0 Å². The Labute approximate surface area is 254 Å². The van der Waals surface area contributed by atoms with Gasteiger partial charge in [0.1, 0.15) is 11.5 Å². The second-order valence-corrected chi connectivity index (χ2v) is 12.2. The summed E-state index contributed by atoms with van der Waals surface area (Å²) in [5.41, 5.74) is 14.7. The average Bonchev–Trinajstić information content (AvgIpc) is 2.99. The van der Waals surface area contributed by atoms with Crippen LogP contribution in [0.1, 0.15) is 57.4 Å². The molecule has 3 aromatic carbocycles. The molecule has 1 heterocycles. The van der Waals surface area contributed by atoms with Crippen molar-refractivity contribution in [1.82, 2.24) is 9.97 Å². The van der Waals surface area contributed by atoms with Gasteiger partial charge in [-0.2, -0.15) is 0 Å². The molecule has 228 valence electrons. The minimum atomic E-state index is -3.80. The number of nitrogen functional groups attached to an aromatic ring is 2. The zero-order chi connectivity index (χ0) is 30.5. The number of nitrogens with zero attached hydrogens (tertiary/aromatic N) is 2. The van der Waals surface area contributed by atoms with E-state index in [4.69, 9.17) is 20.9 Å². The van der Waals surface area contributed by atoms with Crippen LogP contribution < -0.4 is 25.7 Å². The fourth-order valence-electron chi connectivity index (χ4n) is 4.55. The van der Waals surface area contributed by atoms with Crippen LogP contribution in [0, 0.1) is 0 Å². The SMILES string of the molecule is CCCCCCCCc1cnc(-c2ccc(OCCCOc3ccc(S(=O)(=O)Nc4cc(N)cc(N)c4)cc3)cc2)nc1. The number of aryl methyl sites for hydroxylation is 1. The monoisotopic (exact) mass is 603 g/mol. The number of hydrogen-bond acceptors (Lipinski definition) is 8. The molecule has 4 aromatic rings. The molecule has 5 N–H and O–H groups in total. The average molecular weight is 604 g/mol. The second-order valence-electron chi connectivity index (χ2n) is 10.5. The van der Waals surface area contributed by atoms with Gasteiger partial charge in [0.05, 0.1) is 23.8 Å². The van der Waals surface area contributed by atoms with Gasteiger partial charge in [0.25, 0.3) is 10.0 Å². The summed E-state index contributed by atoms with van der Waals surface area (Å²) in [5, 5.41) is 0. The molecule has 0 aliphatic heterocycles. The van der Waals surface area contributed by atoms with Crippen molar-refractivity contribution < 1.29 is 17.9 Å². The number of ether oxygens (including phenoxy) is 2. The Balaban J connectivity index is 1.16. The number of benzene rings is 3. The first-order valence-corrected chi connectivity index (χ1v) is 16.3. The van der Waals surface area contributed by atoms with E-state index in [9.17, 15) is 8.42 Å². The first-order valence-electron chi connectivity index (χ1n) is 14.8. The molecule has 0 fully saturated rings. The topological polar surface area (TPSA) is 142 Å². The van der Waals surface area contributed by atoms with Crippen molar-refractivity contribution in [2.24, 2.45) is 0 Å². The lowest BCUT2D eigenvalue weighted by Gasteiger charge is -2.11. The van der Waals surface area contributed by atoms with Gasteiger partial charge in [-0.3, -0.25) is 4.72 Å².